The van der Waals surface area contributed by atoms with Crippen LogP contribution in [0.1, 0.15) is 17.3 Å². The van der Waals surface area contributed by atoms with Crippen molar-refractivity contribution in [3.8, 4) is 5.75 Å². The number of hydrogen-bond donors (Lipinski definition) is 1. The van der Waals surface area contributed by atoms with Crippen molar-refractivity contribution in [2.24, 2.45) is 0 Å². The van der Waals surface area contributed by atoms with Crippen LogP contribution < -0.4 is 9.04 Å². The number of ether oxygens (including phenoxy) is 2. The highest BCUT2D eigenvalue weighted by Gasteiger charge is 2.23. The van der Waals surface area contributed by atoms with Gasteiger partial charge in [-0.2, -0.15) is 0 Å². The van der Waals surface area contributed by atoms with Crippen LogP contribution in [0.2, 0.25) is 0 Å². The van der Waals surface area contributed by atoms with E-state index < -0.39 is 28.7 Å². The summed E-state index contributed by atoms with van der Waals surface area (Å²) in [6.07, 6.45) is 0.624. The minimum absolute atomic E-state index is 0.245. The number of carbonyl (C=O) groups excluding carboxylic acids is 2. The molecule has 0 bridgehead atoms. The third kappa shape index (κ3) is 4.82. The Kier molecular flexibility index (Phi) is 6.71. The zero-order valence-electron chi connectivity index (χ0n) is 18.4. The zero-order chi connectivity index (χ0) is 24.3. The molecule has 2 aromatic carbocycles. The van der Waals surface area contributed by atoms with Crippen molar-refractivity contribution < 1.29 is 27.5 Å². The Hall–Kier alpha value is -3.63. The van der Waals surface area contributed by atoms with Gasteiger partial charge in [0.1, 0.15) is 9.96 Å². The maximum Gasteiger partial charge on any atom is 0.344 e. The molecule has 2 heterocycles. The highest BCUT2D eigenvalue weighted by Crippen LogP contribution is 2.26. The second-order valence-electron chi connectivity index (χ2n) is 7.43. The third-order valence-electron chi connectivity index (χ3n) is 5.20. The Morgan fingerprint density at radius 1 is 1.06 bits per heavy atom. The summed E-state index contributed by atoms with van der Waals surface area (Å²) in [6.45, 7) is 1.12. The molecule has 1 atom stereocenters. The van der Waals surface area contributed by atoms with E-state index in [0.717, 1.165) is 22.2 Å². The van der Waals surface area contributed by atoms with E-state index in [0.29, 0.717) is 17.0 Å². The fourth-order valence-electron chi connectivity index (χ4n) is 3.36. The topological polar surface area (TPSA) is 106 Å². The monoisotopic (exact) mass is 498 g/mol. The van der Waals surface area contributed by atoms with E-state index in [1.807, 2.05) is 24.3 Å². The van der Waals surface area contributed by atoms with Gasteiger partial charge in [-0.3, -0.25) is 9.10 Å². The molecule has 8 nitrogen and oxygen atoms in total. The van der Waals surface area contributed by atoms with Crippen molar-refractivity contribution in [1.29, 1.82) is 0 Å². The van der Waals surface area contributed by atoms with Crippen LogP contribution >= 0.6 is 11.3 Å². The van der Waals surface area contributed by atoms with E-state index in [2.05, 4.69) is 4.98 Å². The van der Waals surface area contributed by atoms with Gasteiger partial charge < -0.3 is 14.5 Å². The molecule has 4 aromatic rings. The fraction of sp³-hybridized carbons (Fsp3) is 0.167. The molecule has 176 valence electrons. The molecule has 1 unspecified atom stereocenters. The molecule has 0 aliphatic carbocycles. The van der Waals surface area contributed by atoms with Crippen molar-refractivity contribution in [3.63, 3.8) is 0 Å². The van der Waals surface area contributed by atoms with Gasteiger partial charge in [-0.05, 0) is 48.7 Å². The average molecular weight is 499 g/mol. The van der Waals surface area contributed by atoms with Gasteiger partial charge in [-0.25, -0.2) is 13.2 Å². The number of benzene rings is 2. The number of sulfonamides is 1. The highest BCUT2D eigenvalue weighted by atomic mass is 32.2. The summed E-state index contributed by atoms with van der Waals surface area (Å²) in [7, 11) is -2.17. The van der Waals surface area contributed by atoms with Crippen molar-refractivity contribution in [1.82, 2.24) is 4.98 Å². The van der Waals surface area contributed by atoms with Gasteiger partial charge in [-0.15, -0.1) is 11.3 Å². The highest BCUT2D eigenvalue weighted by molar-refractivity contribution is 7.94. The second-order valence-corrected chi connectivity index (χ2v) is 10.6. The summed E-state index contributed by atoms with van der Waals surface area (Å²) >= 11 is 1.14. The minimum Gasteiger partial charge on any atom is -0.482 e. The van der Waals surface area contributed by atoms with Crippen LogP contribution in [0.5, 0.6) is 5.75 Å². The Morgan fingerprint density at radius 3 is 2.50 bits per heavy atom. The van der Waals surface area contributed by atoms with E-state index in [4.69, 9.17) is 9.47 Å². The van der Waals surface area contributed by atoms with Crippen LogP contribution in [0, 0.1) is 0 Å². The lowest BCUT2D eigenvalue weighted by Crippen LogP contribution is -2.27. The lowest BCUT2D eigenvalue weighted by Gasteiger charge is -2.18. The molecule has 0 aliphatic rings. The number of anilines is 1. The van der Waals surface area contributed by atoms with Crippen LogP contribution in [-0.2, 0) is 19.6 Å². The van der Waals surface area contributed by atoms with Gasteiger partial charge in [0.2, 0.25) is 5.78 Å². The number of thiophene rings is 1. The normalized spacial score (nSPS) is 12.3. The number of rotatable bonds is 9. The number of esters is 1. The van der Waals surface area contributed by atoms with Gasteiger partial charge in [0.25, 0.3) is 10.0 Å². The molecule has 0 spiro atoms. The number of Topliss-reactive ketones (excluding diaryl/α,β-unsaturated/α-hetero) is 1. The van der Waals surface area contributed by atoms with Gasteiger partial charge >= 0.3 is 5.97 Å². The lowest BCUT2D eigenvalue weighted by atomic mass is 10.1. The van der Waals surface area contributed by atoms with Crippen molar-refractivity contribution >= 4 is 49.7 Å². The first-order chi connectivity index (χ1) is 16.3. The molecule has 4 rings (SSSR count). The van der Waals surface area contributed by atoms with Crippen molar-refractivity contribution in [2.75, 3.05) is 18.0 Å². The molecular formula is C24H22N2O6S2. The first kappa shape index (κ1) is 23.5. The Balaban J connectivity index is 1.33. The number of fused-ring (bicyclic) bond motifs is 1. The molecule has 0 radical (unpaired) electrons. The number of ketones is 1. The molecule has 2 aromatic heterocycles. The van der Waals surface area contributed by atoms with Gasteiger partial charge in [0.05, 0.1) is 5.69 Å². The van der Waals surface area contributed by atoms with Crippen LogP contribution in [-0.4, -0.2) is 44.9 Å². The number of nitrogens with zero attached hydrogens (tertiary/aromatic N) is 1. The first-order valence-electron chi connectivity index (χ1n) is 10.3. The van der Waals surface area contributed by atoms with Gasteiger partial charge in [-0.1, -0.05) is 24.3 Å². The summed E-state index contributed by atoms with van der Waals surface area (Å²) in [5.41, 5.74) is 1.72. The molecule has 10 heteroatoms. The number of nitrogens with one attached hydrogen (secondary N) is 1. The van der Waals surface area contributed by atoms with E-state index >= 15 is 0 Å². The quantitative estimate of drug-likeness (QED) is 0.273. The van der Waals surface area contributed by atoms with E-state index in [1.54, 1.807) is 48.0 Å². The van der Waals surface area contributed by atoms with Crippen molar-refractivity contribution in [2.45, 2.75) is 17.2 Å². The minimum atomic E-state index is -3.64. The van der Waals surface area contributed by atoms with E-state index in [1.165, 1.54) is 18.3 Å². The van der Waals surface area contributed by atoms with Gasteiger partial charge in [0.15, 0.2) is 12.7 Å². The molecule has 0 saturated heterocycles. The summed E-state index contributed by atoms with van der Waals surface area (Å²) in [5, 5.41) is 2.46. The number of aromatic nitrogens is 1. The number of hydrogen-bond acceptors (Lipinski definition) is 7. The van der Waals surface area contributed by atoms with E-state index in [9.17, 15) is 18.0 Å². The number of aromatic amines is 1. The molecule has 0 fully saturated rings. The Labute approximate surface area is 200 Å². The maximum absolute atomic E-state index is 12.7. The van der Waals surface area contributed by atoms with Crippen LogP contribution in [0.3, 0.4) is 0 Å². The van der Waals surface area contributed by atoms with Gasteiger partial charge in [0, 0.05) is 29.7 Å². The Bertz CT molecular complexity index is 1410. The maximum atomic E-state index is 12.7. The molecule has 34 heavy (non-hydrogen) atoms. The standard InChI is InChI=1S/C24H22N2O6S2/c1-16(24(28)20-14-25-21-7-4-3-6-19(20)21)32-22(27)15-31-18-11-9-17(10-12-18)26(2)34(29,30)23-8-5-13-33-23/h3-14,16,25H,15H2,1-2H3. The predicted molar refractivity (Wildman–Crippen MR) is 130 cm³/mol. The predicted octanol–water partition coefficient (Wildman–Crippen LogP) is 4.25. The third-order valence-corrected chi connectivity index (χ3v) is 8.36. The van der Waals surface area contributed by atoms with Crippen molar-refractivity contribution in [3.05, 3.63) is 77.8 Å². The fourth-order valence-corrected chi connectivity index (χ4v) is 5.71. The molecule has 0 saturated carbocycles. The number of H-pyrrole nitrogens is 1. The summed E-state index contributed by atoms with van der Waals surface area (Å²) < 4.78 is 37.4. The SMILES string of the molecule is CC(OC(=O)COc1ccc(N(C)S(=O)(=O)c2cccs2)cc1)C(=O)c1c[nH]c2ccccc12. The molecular weight excluding hydrogens is 476 g/mol. The van der Waals surface area contributed by atoms with Crippen LogP contribution in [0.15, 0.2) is 76.4 Å². The summed E-state index contributed by atoms with van der Waals surface area (Å²) in [4.78, 5) is 27.9. The molecule has 1 N–H and O–H groups in total. The smallest absolute Gasteiger partial charge is 0.344 e. The zero-order valence-corrected chi connectivity index (χ0v) is 20.1. The largest absolute Gasteiger partial charge is 0.482 e. The summed E-state index contributed by atoms with van der Waals surface area (Å²) in [5.74, 6) is -0.648. The summed E-state index contributed by atoms with van der Waals surface area (Å²) in [6, 6.07) is 16.9. The number of carbonyl (C=O) groups is 2. The Morgan fingerprint density at radius 2 is 1.79 bits per heavy atom. The first-order valence-corrected chi connectivity index (χ1v) is 12.6. The van der Waals surface area contributed by atoms with Crippen LogP contribution in [0.4, 0.5) is 5.69 Å². The van der Waals surface area contributed by atoms with E-state index in [-0.39, 0.29) is 9.99 Å². The molecule has 0 aliphatic heterocycles. The average Bonchev–Trinajstić information content (AvgIpc) is 3.53. The number of para-hydroxylation sites is 1. The van der Waals surface area contributed by atoms with Crippen LogP contribution in [0.25, 0.3) is 10.9 Å². The molecule has 0 amide bonds. The second kappa shape index (κ2) is 9.70. The lowest BCUT2D eigenvalue weighted by molar-refractivity contribution is -0.148.